The predicted molar refractivity (Wildman–Crippen MR) is 106 cm³/mol. The van der Waals surface area contributed by atoms with Crippen molar-refractivity contribution < 1.29 is 38.3 Å². The molecule has 0 spiro atoms. The third-order valence-electron chi connectivity index (χ3n) is 5.49. The van der Waals surface area contributed by atoms with E-state index < -0.39 is 6.23 Å². The molecule has 0 fully saturated rings. The van der Waals surface area contributed by atoms with Crippen molar-refractivity contribution in [2.24, 2.45) is 0 Å². The highest BCUT2D eigenvalue weighted by Gasteiger charge is 2.47. The fourth-order valence-corrected chi connectivity index (χ4v) is 3.75. The second-order valence-corrected chi connectivity index (χ2v) is 8.55. The maximum atomic E-state index is 11.3. The SMILES string of the molecule is COc1ccc2c(c1)[C@](C)(CC[N+](C)(C)C)C(O)N2Cc1ccccc1.[I-]. The Morgan fingerprint density at radius 1 is 1.11 bits per heavy atom. The second kappa shape index (κ2) is 8.37. The van der Waals surface area contributed by atoms with Gasteiger partial charge in [0, 0.05) is 24.1 Å². The number of aliphatic hydroxyl groups is 1. The molecule has 1 unspecified atom stereocenters. The number of nitrogens with zero attached hydrogens (tertiary/aromatic N) is 2. The van der Waals surface area contributed by atoms with Crippen molar-refractivity contribution in [1.29, 1.82) is 0 Å². The van der Waals surface area contributed by atoms with Gasteiger partial charge in [0.15, 0.2) is 0 Å². The molecule has 2 aromatic carbocycles. The van der Waals surface area contributed by atoms with Gasteiger partial charge in [0.05, 0.1) is 34.8 Å². The molecule has 5 heteroatoms. The first-order valence-corrected chi connectivity index (χ1v) is 9.22. The Balaban J connectivity index is 0.00000261. The highest BCUT2D eigenvalue weighted by Crippen LogP contribution is 2.48. The minimum Gasteiger partial charge on any atom is -1.00 e. The van der Waals surface area contributed by atoms with Crippen LogP contribution in [0.5, 0.6) is 5.75 Å². The normalized spacial score (nSPS) is 21.6. The molecule has 1 heterocycles. The molecule has 0 saturated carbocycles. The average Bonchev–Trinajstić information content (AvgIpc) is 2.82. The molecule has 4 nitrogen and oxygen atoms in total. The van der Waals surface area contributed by atoms with Gasteiger partial charge < -0.3 is 43.2 Å². The summed E-state index contributed by atoms with van der Waals surface area (Å²) in [5.74, 6) is 0.842. The molecule has 3 rings (SSSR count). The zero-order chi connectivity index (χ0) is 18.9. The molecule has 2 atom stereocenters. The van der Waals surface area contributed by atoms with E-state index in [2.05, 4.69) is 57.2 Å². The van der Waals surface area contributed by atoms with Gasteiger partial charge >= 0.3 is 0 Å². The number of hydrogen-bond donors (Lipinski definition) is 1. The van der Waals surface area contributed by atoms with Crippen LogP contribution in [-0.4, -0.2) is 50.6 Å². The van der Waals surface area contributed by atoms with Crippen molar-refractivity contribution in [3.63, 3.8) is 0 Å². The lowest BCUT2D eigenvalue weighted by Gasteiger charge is -2.35. The van der Waals surface area contributed by atoms with E-state index in [1.807, 2.05) is 24.3 Å². The van der Waals surface area contributed by atoms with Crippen LogP contribution in [0.15, 0.2) is 48.5 Å². The Morgan fingerprint density at radius 2 is 1.78 bits per heavy atom. The number of fused-ring (bicyclic) bond motifs is 1. The summed E-state index contributed by atoms with van der Waals surface area (Å²) in [4.78, 5) is 2.12. The molecule has 0 saturated heterocycles. The maximum Gasteiger partial charge on any atom is 0.137 e. The third kappa shape index (κ3) is 4.58. The number of benzene rings is 2. The van der Waals surface area contributed by atoms with Crippen LogP contribution in [0.3, 0.4) is 0 Å². The summed E-state index contributed by atoms with van der Waals surface area (Å²) in [6.07, 6.45) is 0.347. The van der Waals surface area contributed by atoms with Crippen LogP contribution in [0.25, 0.3) is 0 Å². The Bertz CT molecular complexity index is 761. The van der Waals surface area contributed by atoms with Gasteiger partial charge in [-0.05, 0) is 29.3 Å². The molecule has 1 aliphatic heterocycles. The van der Waals surface area contributed by atoms with Crippen LogP contribution in [-0.2, 0) is 12.0 Å². The summed E-state index contributed by atoms with van der Waals surface area (Å²) in [7, 11) is 8.27. The number of rotatable bonds is 6. The minimum atomic E-state index is -0.559. The first-order chi connectivity index (χ1) is 12.2. The standard InChI is InChI=1S/C22H31N2O2.HI/c1-22(13-14-24(2,3)4)19-15-18(26-5)11-12-20(19)23(21(22)25)16-17-9-7-6-8-10-17;/h6-12,15,21,25H,13-14,16H2,1-5H3;1H/q+1;/p-1/t21?,22-;/m0./s1. The van der Waals surface area contributed by atoms with Gasteiger partial charge in [0.25, 0.3) is 0 Å². The van der Waals surface area contributed by atoms with Crippen LogP contribution in [0.2, 0.25) is 0 Å². The van der Waals surface area contributed by atoms with Crippen molar-refractivity contribution in [2.45, 2.75) is 31.5 Å². The summed E-state index contributed by atoms with van der Waals surface area (Å²) in [5, 5.41) is 11.3. The van der Waals surface area contributed by atoms with E-state index in [1.165, 1.54) is 11.1 Å². The molecule has 27 heavy (non-hydrogen) atoms. The topological polar surface area (TPSA) is 32.7 Å². The van der Waals surface area contributed by atoms with E-state index in [1.54, 1.807) is 7.11 Å². The largest absolute Gasteiger partial charge is 1.00 e. The highest BCUT2D eigenvalue weighted by atomic mass is 127. The van der Waals surface area contributed by atoms with Crippen LogP contribution in [0, 0.1) is 0 Å². The van der Waals surface area contributed by atoms with Crippen LogP contribution >= 0.6 is 0 Å². The summed E-state index contributed by atoms with van der Waals surface area (Å²) in [6.45, 7) is 3.86. The summed E-state index contributed by atoms with van der Waals surface area (Å²) >= 11 is 0. The zero-order valence-corrected chi connectivity index (χ0v) is 19.1. The van der Waals surface area contributed by atoms with Crippen LogP contribution in [0.4, 0.5) is 5.69 Å². The zero-order valence-electron chi connectivity index (χ0n) is 16.9. The third-order valence-corrected chi connectivity index (χ3v) is 5.49. The Morgan fingerprint density at radius 3 is 2.37 bits per heavy atom. The van der Waals surface area contributed by atoms with E-state index in [4.69, 9.17) is 4.74 Å². The van der Waals surface area contributed by atoms with E-state index in [0.29, 0.717) is 6.54 Å². The van der Waals surface area contributed by atoms with Gasteiger partial charge in [-0.25, -0.2) is 0 Å². The molecule has 1 N–H and O–H groups in total. The van der Waals surface area contributed by atoms with E-state index in [9.17, 15) is 5.11 Å². The van der Waals surface area contributed by atoms with Gasteiger partial charge in [0.1, 0.15) is 12.0 Å². The number of methoxy groups -OCH3 is 1. The quantitative estimate of drug-likeness (QED) is 0.478. The van der Waals surface area contributed by atoms with Crippen molar-refractivity contribution in [3.05, 3.63) is 59.7 Å². The molecule has 1 aliphatic rings. The Kier molecular flexibility index (Phi) is 6.81. The lowest BCUT2D eigenvalue weighted by Crippen LogP contribution is -3.00. The highest BCUT2D eigenvalue weighted by molar-refractivity contribution is 5.65. The minimum absolute atomic E-state index is 0. The second-order valence-electron chi connectivity index (χ2n) is 8.55. The Hall–Kier alpha value is -1.31. The van der Waals surface area contributed by atoms with E-state index in [-0.39, 0.29) is 29.4 Å². The monoisotopic (exact) mass is 482 g/mol. The molecular formula is C22H31IN2O2. The van der Waals surface area contributed by atoms with Crippen molar-refractivity contribution in [3.8, 4) is 5.75 Å². The average molecular weight is 482 g/mol. The number of quaternary nitrogens is 1. The first-order valence-electron chi connectivity index (χ1n) is 9.22. The van der Waals surface area contributed by atoms with Gasteiger partial charge in [-0.2, -0.15) is 0 Å². The van der Waals surface area contributed by atoms with Crippen LogP contribution in [0.1, 0.15) is 24.5 Å². The number of aliphatic hydroxyl groups excluding tert-OH is 1. The molecule has 0 aromatic heterocycles. The summed E-state index contributed by atoms with van der Waals surface area (Å²) in [6, 6.07) is 16.5. The van der Waals surface area contributed by atoms with Gasteiger partial charge in [0.2, 0.25) is 0 Å². The fraction of sp³-hybridized carbons (Fsp3) is 0.455. The molecule has 148 valence electrons. The van der Waals surface area contributed by atoms with Crippen LogP contribution < -0.4 is 33.6 Å². The molecule has 0 bridgehead atoms. The maximum absolute atomic E-state index is 11.3. The van der Waals surface area contributed by atoms with E-state index in [0.717, 1.165) is 28.9 Å². The van der Waals surface area contributed by atoms with Gasteiger partial charge in [-0.1, -0.05) is 37.3 Å². The Labute approximate surface area is 180 Å². The molecule has 2 aromatic rings. The number of hydrogen-bond acceptors (Lipinski definition) is 3. The fourth-order valence-electron chi connectivity index (χ4n) is 3.75. The molecular weight excluding hydrogens is 451 g/mol. The van der Waals surface area contributed by atoms with Gasteiger partial charge in [-0.3, -0.25) is 0 Å². The van der Waals surface area contributed by atoms with Crippen molar-refractivity contribution in [2.75, 3.05) is 39.7 Å². The van der Waals surface area contributed by atoms with Crippen molar-refractivity contribution in [1.82, 2.24) is 0 Å². The summed E-state index contributed by atoms with van der Waals surface area (Å²) < 4.78 is 6.34. The molecule has 0 amide bonds. The number of halogens is 1. The lowest BCUT2D eigenvalue weighted by atomic mass is 9.79. The number of anilines is 1. The summed E-state index contributed by atoms with van der Waals surface area (Å²) in [5.41, 5.74) is 3.15. The lowest BCUT2D eigenvalue weighted by molar-refractivity contribution is -0.871. The van der Waals surface area contributed by atoms with Crippen molar-refractivity contribution >= 4 is 5.69 Å². The predicted octanol–water partition coefficient (Wildman–Crippen LogP) is 0.392. The van der Waals surface area contributed by atoms with E-state index >= 15 is 0 Å². The molecule has 0 radical (unpaired) electrons. The smallest absolute Gasteiger partial charge is 0.137 e. The van der Waals surface area contributed by atoms with Gasteiger partial charge in [-0.15, -0.1) is 0 Å². The molecule has 0 aliphatic carbocycles. The number of ether oxygens (including phenoxy) is 1. The first kappa shape index (κ1) is 22.0.